The maximum absolute atomic E-state index is 12.2. The summed E-state index contributed by atoms with van der Waals surface area (Å²) in [5.74, 6) is 0.229. The Morgan fingerprint density at radius 1 is 1.21 bits per heavy atom. The number of hydrogen-bond donors (Lipinski definition) is 1. The summed E-state index contributed by atoms with van der Waals surface area (Å²) < 4.78 is 28.9. The van der Waals surface area contributed by atoms with Gasteiger partial charge in [-0.1, -0.05) is 38.8 Å². The number of nitrogens with one attached hydrogen (secondary N) is 1. The van der Waals surface area contributed by atoms with E-state index in [2.05, 4.69) is 23.9 Å². The van der Waals surface area contributed by atoms with Crippen LogP contribution < -0.4 is 10.1 Å². The molecule has 0 heterocycles. The van der Waals surface area contributed by atoms with Crippen molar-refractivity contribution in [2.24, 2.45) is 0 Å². The van der Waals surface area contributed by atoms with Gasteiger partial charge in [0.25, 0.3) is 0 Å². The van der Waals surface area contributed by atoms with E-state index in [0.29, 0.717) is 0 Å². The van der Waals surface area contributed by atoms with Crippen molar-refractivity contribution in [3.8, 4) is 5.75 Å². The van der Waals surface area contributed by atoms with Crippen LogP contribution in [0.25, 0.3) is 0 Å². The lowest BCUT2D eigenvalue weighted by Crippen LogP contribution is -2.22. The van der Waals surface area contributed by atoms with Crippen molar-refractivity contribution in [3.05, 3.63) is 29.8 Å². The van der Waals surface area contributed by atoms with Gasteiger partial charge in [0.05, 0.1) is 0 Å². The van der Waals surface area contributed by atoms with Gasteiger partial charge in [0.15, 0.2) is 0 Å². The minimum absolute atomic E-state index is 0.209. The number of hydrogen-bond acceptors (Lipinski definition) is 2. The molecule has 0 saturated carbocycles. The molecule has 1 N–H and O–H groups in total. The molecule has 1 aromatic rings. The molecule has 1 atom stereocenters. The van der Waals surface area contributed by atoms with E-state index in [1.54, 1.807) is 18.2 Å². The number of unbranched alkanes of at least 4 members (excludes halogenated alkanes) is 1. The van der Waals surface area contributed by atoms with E-state index in [-0.39, 0.29) is 11.8 Å². The fourth-order valence-corrected chi connectivity index (χ4v) is 2.02. The molecule has 1 rings (SSSR count). The third-order valence-corrected chi connectivity index (χ3v) is 2.97. The molecule has 0 aromatic heterocycles. The van der Waals surface area contributed by atoms with Crippen LogP contribution in [0.4, 0.5) is 8.78 Å². The Kier molecular flexibility index (Phi) is 7.41. The molecule has 0 aliphatic heterocycles. The van der Waals surface area contributed by atoms with Gasteiger partial charge >= 0.3 is 6.61 Å². The number of ether oxygens (including phenoxy) is 1. The lowest BCUT2D eigenvalue weighted by Gasteiger charge is -2.19. The monoisotopic (exact) mass is 271 g/mol. The normalized spacial score (nSPS) is 12.7. The summed E-state index contributed by atoms with van der Waals surface area (Å²) in [6.45, 7) is 2.41. The van der Waals surface area contributed by atoms with Crippen LogP contribution in [-0.2, 0) is 0 Å². The van der Waals surface area contributed by atoms with Crippen LogP contribution in [0.3, 0.4) is 0 Å². The van der Waals surface area contributed by atoms with Crippen molar-refractivity contribution < 1.29 is 13.5 Å². The molecule has 0 bridgehead atoms. The number of halogens is 2. The molecule has 108 valence electrons. The first kappa shape index (κ1) is 15.9. The van der Waals surface area contributed by atoms with E-state index in [4.69, 9.17) is 0 Å². The van der Waals surface area contributed by atoms with Crippen molar-refractivity contribution in [2.75, 3.05) is 6.54 Å². The second-order valence-electron chi connectivity index (χ2n) is 4.60. The topological polar surface area (TPSA) is 21.3 Å². The van der Waals surface area contributed by atoms with Crippen LogP contribution >= 0.6 is 0 Å². The van der Waals surface area contributed by atoms with Gasteiger partial charge < -0.3 is 10.1 Å². The molecule has 2 nitrogen and oxygen atoms in total. The molecule has 1 aromatic carbocycles. The van der Waals surface area contributed by atoms with Crippen molar-refractivity contribution in [3.63, 3.8) is 0 Å². The van der Waals surface area contributed by atoms with Gasteiger partial charge in [0, 0.05) is 6.04 Å². The summed E-state index contributed by atoms with van der Waals surface area (Å²) in [6.07, 6.45) is 4.29. The van der Waals surface area contributed by atoms with Gasteiger partial charge in [-0.25, -0.2) is 0 Å². The van der Waals surface area contributed by atoms with Gasteiger partial charge in [-0.2, -0.15) is 8.78 Å². The molecule has 0 aliphatic carbocycles. The van der Waals surface area contributed by atoms with Crippen LogP contribution in [0, 0.1) is 0 Å². The lowest BCUT2D eigenvalue weighted by atomic mass is 10.0. The minimum atomic E-state index is -2.77. The van der Waals surface area contributed by atoms with E-state index in [0.717, 1.165) is 37.8 Å². The van der Waals surface area contributed by atoms with E-state index >= 15 is 0 Å². The second-order valence-corrected chi connectivity index (χ2v) is 4.60. The summed E-state index contributed by atoms with van der Waals surface area (Å²) in [6, 6.07) is 7.20. The molecule has 1 unspecified atom stereocenters. The van der Waals surface area contributed by atoms with Crippen LogP contribution in [-0.4, -0.2) is 13.2 Å². The van der Waals surface area contributed by atoms with Crippen molar-refractivity contribution in [1.82, 2.24) is 5.32 Å². The standard InChI is InChI=1S/C15H23F2NO/c1-3-5-9-14(18-10-4-2)12-7-6-8-13(11-12)19-15(16)17/h6-8,11,14-15,18H,3-5,9-10H2,1-2H3. The Morgan fingerprint density at radius 2 is 2.00 bits per heavy atom. The van der Waals surface area contributed by atoms with Crippen LogP contribution in [0.5, 0.6) is 5.75 Å². The first-order chi connectivity index (χ1) is 9.17. The lowest BCUT2D eigenvalue weighted by molar-refractivity contribution is -0.0499. The molecule has 0 fully saturated rings. The fraction of sp³-hybridized carbons (Fsp3) is 0.600. The Balaban J connectivity index is 2.75. The molecule has 0 spiro atoms. The largest absolute Gasteiger partial charge is 0.435 e. The first-order valence-electron chi connectivity index (χ1n) is 6.95. The van der Waals surface area contributed by atoms with Gasteiger partial charge in [0.1, 0.15) is 5.75 Å². The minimum Gasteiger partial charge on any atom is -0.435 e. The first-order valence-corrected chi connectivity index (χ1v) is 6.95. The van der Waals surface area contributed by atoms with E-state index < -0.39 is 6.61 Å². The third kappa shape index (κ3) is 6.01. The summed E-state index contributed by atoms with van der Waals surface area (Å²) in [5.41, 5.74) is 1.01. The van der Waals surface area contributed by atoms with Crippen LogP contribution in [0.1, 0.15) is 51.1 Å². The second kappa shape index (κ2) is 8.86. The molecule has 0 aliphatic rings. The summed E-state index contributed by atoms with van der Waals surface area (Å²) in [4.78, 5) is 0. The summed E-state index contributed by atoms with van der Waals surface area (Å²) >= 11 is 0. The zero-order chi connectivity index (χ0) is 14.1. The Hall–Kier alpha value is -1.16. The molecule has 0 radical (unpaired) electrons. The zero-order valence-electron chi connectivity index (χ0n) is 11.7. The van der Waals surface area contributed by atoms with Crippen molar-refractivity contribution in [2.45, 2.75) is 52.2 Å². The number of rotatable bonds is 9. The average Bonchev–Trinajstić information content (AvgIpc) is 2.38. The zero-order valence-corrected chi connectivity index (χ0v) is 11.7. The molecular weight excluding hydrogens is 248 g/mol. The molecule has 0 amide bonds. The highest BCUT2D eigenvalue weighted by molar-refractivity contribution is 5.30. The van der Waals surface area contributed by atoms with E-state index in [9.17, 15) is 8.78 Å². The number of alkyl halides is 2. The highest BCUT2D eigenvalue weighted by Crippen LogP contribution is 2.24. The molecule has 19 heavy (non-hydrogen) atoms. The van der Waals surface area contributed by atoms with Gasteiger partial charge in [-0.05, 0) is 37.1 Å². The van der Waals surface area contributed by atoms with E-state index in [1.807, 2.05) is 6.07 Å². The molecular formula is C15H23F2NO. The quantitative estimate of drug-likeness (QED) is 0.713. The smallest absolute Gasteiger partial charge is 0.387 e. The van der Waals surface area contributed by atoms with Gasteiger partial charge in [0.2, 0.25) is 0 Å². The van der Waals surface area contributed by atoms with Crippen LogP contribution in [0.2, 0.25) is 0 Å². The Morgan fingerprint density at radius 3 is 2.63 bits per heavy atom. The molecule has 4 heteroatoms. The SMILES string of the molecule is CCCCC(NCCC)c1cccc(OC(F)F)c1. The summed E-state index contributed by atoms with van der Waals surface area (Å²) in [5, 5.41) is 3.46. The maximum Gasteiger partial charge on any atom is 0.387 e. The van der Waals surface area contributed by atoms with Crippen LogP contribution in [0.15, 0.2) is 24.3 Å². The predicted octanol–water partition coefficient (Wildman–Crippen LogP) is 4.52. The van der Waals surface area contributed by atoms with E-state index in [1.165, 1.54) is 0 Å². The number of benzene rings is 1. The summed E-state index contributed by atoms with van der Waals surface area (Å²) in [7, 11) is 0. The molecule has 0 saturated heterocycles. The Bertz CT molecular complexity index is 350. The van der Waals surface area contributed by atoms with Crippen molar-refractivity contribution in [1.29, 1.82) is 0 Å². The van der Waals surface area contributed by atoms with Gasteiger partial charge in [-0.3, -0.25) is 0 Å². The Labute approximate surface area is 114 Å². The average molecular weight is 271 g/mol. The third-order valence-electron chi connectivity index (χ3n) is 2.97. The van der Waals surface area contributed by atoms with Crippen molar-refractivity contribution >= 4 is 0 Å². The highest BCUT2D eigenvalue weighted by Gasteiger charge is 2.12. The fourth-order valence-electron chi connectivity index (χ4n) is 2.02. The van der Waals surface area contributed by atoms with Gasteiger partial charge in [-0.15, -0.1) is 0 Å². The highest BCUT2D eigenvalue weighted by atomic mass is 19.3. The maximum atomic E-state index is 12.2. The predicted molar refractivity (Wildman–Crippen MR) is 73.6 cm³/mol.